The van der Waals surface area contributed by atoms with E-state index in [-0.39, 0.29) is 0 Å². The molecule has 0 spiro atoms. The largest absolute Gasteiger partial charge is 0.329 e. The Bertz CT molecular complexity index is 348. The molecule has 0 amide bonds. The van der Waals surface area contributed by atoms with Gasteiger partial charge in [0, 0.05) is 17.7 Å². The lowest BCUT2D eigenvalue weighted by Gasteiger charge is -2.17. The third kappa shape index (κ3) is 3.34. The van der Waals surface area contributed by atoms with Gasteiger partial charge in [-0.05, 0) is 33.6 Å². The molecule has 1 heterocycles. The van der Waals surface area contributed by atoms with E-state index in [0.717, 1.165) is 0 Å². The minimum absolute atomic E-state index is 0.510. The van der Waals surface area contributed by atoms with Gasteiger partial charge in [0.15, 0.2) is 0 Å². The molecular formula is C15H28N2. The molecule has 0 aliphatic heterocycles. The molecule has 98 valence electrons. The normalized spacial score (nSPS) is 11.8. The zero-order chi connectivity index (χ0) is 13.0. The molecule has 0 aromatic carbocycles. The molecule has 0 atom stereocenters. The van der Waals surface area contributed by atoms with Gasteiger partial charge in [-0.3, -0.25) is 0 Å². The minimum atomic E-state index is 0.510. The number of hydrogen-bond acceptors (Lipinski definition) is 1. The molecule has 0 aliphatic rings. The maximum atomic E-state index is 4.77. The molecule has 2 heteroatoms. The van der Waals surface area contributed by atoms with Crippen molar-refractivity contribution >= 4 is 0 Å². The third-order valence-electron chi connectivity index (χ3n) is 3.29. The van der Waals surface area contributed by atoms with Crippen molar-refractivity contribution in [3.8, 4) is 0 Å². The molecule has 0 bridgehead atoms. The highest BCUT2D eigenvalue weighted by Gasteiger charge is 2.18. The molecule has 0 aliphatic carbocycles. The number of unbranched alkanes of at least 4 members (excludes halogenated alkanes) is 2. The first-order valence-corrected chi connectivity index (χ1v) is 7.06. The molecule has 0 radical (unpaired) electrons. The fraction of sp³-hybridized carbons (Fsp3) is 0.800. The number of rotatable bonds is 6. The highest BCUT2D eigenvalue weighted by molar-refractivity contribution is 5.19. The van der Waals surface area contributed by atoms with Crippen molar-refractivity contribution in [3.05, 3.63) is 17.2 Å². The number of nitrogens with zero attached hydrogens (tertiary/aromatic N) is 2. The van der Waals surface area contributed by atoms with E-state index >= 15 is 0 Å². The zero-order valence-electron chi connectivity index (χ0n) is 12.4. The number of hydrogen-bond donors (Lipinski definition) is 0. The lowest BCUT2D eigenvalue weighted by Crippen LogP contribution is -2.11. The number of aromatic nitrogens is 2. The Morgan fingerprint density at radius 1 is 1.12 bits per heavy atom. The summed E-state index contributed by atoms with van der Waals surface area (Å²) in [6.07, 6.45) is 5.07. The lowest BCUT2D eigenvalue weighted by atomic mass is 10.1. The fourth-order valence-electron chi connectivity index (χ4n) is 2.43. The fourth-order valence-corrected chi connectivity index (χ4v) is 2.43. The van der Waals surface area contributed by atoms with E-state index in [0.29, 0.717) is 12.0 Å². The molecule has 1 rings (SSSR count). The van der Waals surface area contributed by atoms with Gasteiger partial charge in [-0.15, -0.1) is 0 Å². The second-order valence-electron chi connectivity index (χ2n) is 5.58. The quantitative estimate of drug-likeness (QED) is 0.658. The van der Waals surface area contributed by atoms with Gasteiger partial charge in [0.2, 0.25) is 0 Å². The summed E-state index contributed by atoms with van der Waals surface area (Å²) >= 11 is 0. The number of aryl methyl sites for hydroxylation is 1. The van der Waals surface area contributed by atoms with Gasteiger partial charge >= 0.3 is 0 Å². The molecule has 0 unspecified atom stereocenters. The zero-order valence-corrected chi connectivity index (χ0v) is 12.4. The molecule has 2 nitrogen and oxygen atoms in total. The van der Waals surface area contributed by atoms with E-state index in [1.165, 1.54) is 42.9 Å². The van der Waals surface area contributed by atoms with Crippen molar-refractivity contribution in [2.75, 3.05) is 0 Å². The molecule has 0 fully saturated rings. The van der Waals surface area contributed by atoms with Crippen molar-refractivity contribution in [2.45, 2.75) is 79.2 Å². The van der Waals surface area contributed by atoms with Crippen molar-refractivity contribution in [1.29, 1.82) is 0 Å². The Hall–Kier alpha value is -0.790. The van der Waals surface area contributed by atoms with Crippen molar-refractivity contribution in [2.24, 2.45) is 0 Å². The van der Waals surface area contributed by atoms with E-state index in [9.17, 15) is 0 Å². The van der Waals surface area contributed by atoms with Crippen LogP contribution in [0.2, 0.25) is 0 Å². The Labute approximate surface area is 106 Å². The standard InChI is InChI=1S/C15H28N2/c1-7-8-9-10-14-13(6)16-15(11(2)3)17(14)12(4)5/h11-12H,7-10H2,1-6H3. The van der Waals surface area contributed by atoms with Gasteiger partial charge in [0.25, 0.3) is 0 Å². The summed E-state index contributed by atoms with van der Waals surface area (Å²) in [5.41, 5.74) is 2.69. The van der Waals surface area contributed by atoms with Crippen LogP contribution in [0.5, 0.6) is 0 Å². The lowest BCUT2D eigenvalue weighted by molar-refractivity contribution is 0.522. The summed E-state index contributed by atoms with van der Waals surface area (Å²) in [6.45, 7) is 13.4. The van der Waals surface area contributed by atoms with E-state index < -0.39 is 0 Å². The van der Waals surface area contributed by atoms with Gasteiger partial charge in [0.05, 0.1) is 5.69 Å². The third-order valence-corrected chi connectivity index (χ3v) is 3.29. The second-order valence-corrected chi connectivity index (χ2v) is 5.58. The Morgan fingerprint density at radius 2 is 1.76 bits per heavy atom. The maximum absolute atomic E-state index is 4.77. The average Bonchev–Trinajstić information content (AvgIpc) is 2.57. The second kappa shape index (κ2) is 6.23. The van der Waals surface area contributed by atoms with Crippen molar-refractivity contribution in [1.82, 2.24) is 9.55 Å². The van der Waals surface area contributed by atoms with Crippen LogP contribution in [0.3, 0.4) is 0 Å². The smallest absolute Gasteiger partial charge is 0.111 e. The van der Waals surface area contributed by atoms with Gasteiger partial charge in [0.1, 0.15) is 5.82 Å². The SMILES string of the molecule is CCCCCc1c(C)nc(C(C)C)n1C(C)C. The summed E-state index contributed by atoms with van der Waals surface area (Å²) in [7, 11) is 0. The van der Waals surface area contributed by atoms with E-state index in [1.54, 1.807) is 0 Å². The molecule has 17 heavy (non-hydrogen) atoms. The summed E-state index contributed by atoms with van der Waals surface area (Å²) in [6, 6.07) is 0.519. The molecule has 0 N–H and O–H groups in total. The first kappa shape index (κ1) is 14.3. The van der Waals surface area contributed by atoms with E-state index in [4.69, 9.17) is 4.98 Å². The predicted octanol–water partition coefficient (Wildman–Crippen LogP) is 4.63. The molecule has 0 saturated heterocycles. The molecular weight excluding hydrogens is 208 g/mol. The highest BCUT2D eigenvalue weighted by Crippen LogP contribution is 2.24. The molecule has 1 aromatic heterocycles. The summed E-state index contributed by atoms with van der Waals surface area (Å²) in [5.74, 6) is 1.76. The van der Waals surface area contributed by atoms with Crippen LogP contribution < -0.4 is 0 Å². The van der Waals surface area contributed by atoms with Crippen LogP contribution >= 0.6 is 0 Å². The monoisotopic (exact) mass is 236 g/mol. The summed E-state index contributed by atoms with van der Waals surface area (Å²) in [5, 5.41) is 0. The molecule has 0 saturated carbocycles. The van der Waals surface area contributed by atoms with Crippen LogP contribution in [0, 0.1) is 6.92 Å². The number of imidazole rings is 1. The predicted molar refractivity (Wildman–Crippen MR) is 74.7 cm³/mol. The van der Waals surface area contributed by atoms with E-state index in [1.807, 2.05) is 0 Å². The van der Waals surface area contributed by atoms with Gasteiger partial charge in [-0.2, -0.15) is 0 Å². The van der Waals surface area contributed by atoms with Crippen LogP contribution in [0.1, 0.15) is 83.1 Å². The Balaban J connectivity index is 3.01. The minimum Gasteiger partial charge on any atom is -0.329 e. The van der Waals surface area contributed by atoms with Crippen molar-refractivity contribution in [3.63, 3.8) is 0 Å². The average molecular weight is 236 g/mol. The Kier molecular flexibility index (Phi) is 5.23. The van der Waals surface area contributed by atoms with Gasteiger partial charge in [-0.25, -0.2) is 4.98 Å². The van der Waals surface area contributed by atoms with Crippen LogP contribution in [0.4, 0.5) is 0 Å². The van der Waals surface area contributed by atoms with Crippen LogP contribution in [0.15, 0.2) is 0 Å². The van der Waals surface area contributed by atoms with Crippen LogP contribution in [0.25, 0.3) is 0 Å². The highest BCUT2D eigenvalue weighted by atomic mass is 15.1. The summed E-state index contributed by atoms with van der Waals surface area (Å²) < 4.78 is 2.45. The van der Waals surface area contributed by atoms with Crippen LogP contribution in [-0.2, 0) is 6.42 Å². The first-order chi connectivity index (χ1) is 7.99. The molecule has 1 aromatic rings. The van der Waals surface area contributed by atoms with Gasteiger partial charge in [-0.1, -0.05) is 33.6 Å². The maximum Gasteiger partial charge on any atom is 0.111 e. The van der Waals surface area contributed by atoms with Crippen molar-refractivity contribution < 1.29 is 0 Å². The Morgan fingerprint density at radius 3 is 2.24 bits per heavy atom. The van der Waals surface area contributed by atoms with Crippen LogP contribution in [-0.4, -0.2) is 9.55 Å². The van der Waals surface area contributed by atoms with Gasteiger partial charge < -0.3 is 4.57 Å². The van der Waals surface area contributed by atoms with E-state index in [2.05, 4.69) is 46.1 Å². The summed E-state index contributed by atoms with van der Waals surface area (Å²) in [4.78, 5) is 4.77. The first-order valence-electron chi connectivity index (χ1n) is 7.06. The topological polar surface area (TPSA) is 17.8 Å².